The molecule has 1 N–H and O–H groups in total. The molecular formula is C11H17N3O3S2. The normalized spacial score (nSPS) is 16.5. The molecule has 0 radical (unpaired) electrons. The van der Waals surface area contributed by atoms with Gasteiger partial charge in [-0.25, -0.2) is 0 Å². The smallest absolute Gasteiger partial charge is 0.313 e. The summed E-state index contributed by atoms with van der Waals surface area (Å²) in [6, 6.07) is 0. The van der Waals surface area contributed by atoms with Crippen LogP contribution in [0.4, 0.5) is 0 Å². The van der Waals surface area contributed by atoms with Crippen molar-refractivity contribution < 1.29 is 14.1 Å². The summed E-state index contributed by atoms with van der Waals surface area (Å²) in [6.07, 6.45) is 2.22. The Hall–Kier alpha value is -0.890. The number of carboxylic acids is 1. The molecule has 0 saturated heterocycles. The van der Waals surface area contributed by atoms with Crippen LogP contribution in [0.2, 0.25) is 0 Å². The molecule has 1 aliphatic carbocycles. The number of hydrogen-bond acceptors (Lipinski definition) is 5. The molecule has 0 spiro atoms. The largest absolute Gasteiger partial charge is 0.481 e. The van der Waals surface area contributed by atoms with E-state index in [2.05, 4.69) is 10.2 Å². The molecular weight excluding hydrogens is 286 g/mol. The maximum absolute atomic E-state index is 11.5. The lowest BCUT2D eigenvalue weighted by atomic mass is 10.4. The van der Waals surface area contributed by atoms with Crippen molar-refractivity contribution in [1.29, 1.82) is 0 Å². The molecule has 1 aromatic rings. The third-order valence-electron chi connectivity index (χ3n) is 2.88. The minimum atomic E-state index is -0.871. The molecule has 8 heteroatoms. The number of thioether (sulfide) groups is 1. The van der Waals surface area contributed by atoms with Gasteiger partial charge >= 0.3 is 5.97 Å². The van der Waals surface area contributed by atoms with E-state index in [9.17, 15) is 9.00 Å². The zero-order chi connectivity index (χ0) is 13.8. The highest BCUT2D eigenvalue weighted by Crippen LogP contribution is 2.39. The van der Waals surface area contributed by atoms with Crippen LogP contribution in [0.15, 0.2) is 5.16 Å². The maximum Gasteiger partial charge on any atom is 0.313 e. The Morgan fingerprint density at radius 3 is 2.84 bits per heavy atom. The van der Waals surface area contributed by atoms with E-state index >= 15 is 0 Å². The first kappa shape index (κ1) is 14.5. The Morgan fingerprint density at radius 2 is 2.26 bits per heavy atom. The Morgan fingerprint density at radius 1 is 1.53 bits per heavy atom. The summed E-state index contributed by atoms with van der Waals surface area (Å²) >= 11 is 1.17. The summed E-state index contributed by atoms with van der Waals surface area (Å²) in [5.74, 6) is 1.67. The van der Waals surface area contributed by atoms with E-state index in [1.807, 2.05) is 11.5 Å². The molecule has 1 unspecified atom stereocenters. The second-order valence-corrected chi connectivity index (χ2v) is 7.19. The summed E-state index contributed by atoms with van der Waals surface area (Å²) in [5.41, 5.74) is 0. The van der Waals surface area contributed by atoms with Crippen molar-refractivity contribution in [1.82, 2.24) is 14.8 Å². The first-order chi connectivity index (χ1) is 9.11. The summed E-state index contributed by atoms with van der Waals surface area (Å²) < 4.78 is 13.5. The molecule has 2 rings (SSSR count). The van der Waals surface area contributed by atoms with Crippen molar-refractivity contribution in [3.63, 3.8) is 0 Å². The second kappa shape index (κ2) is 6.51. The molecule has 1 saturated carbocycles. The lowest BCUT2D eigenvalue weighted by molar-refractivity contribution is -0.133. The highest BCUT2D eigenvalue weighted by Gasteiger charge is 2.30. The van der Waals surface area contributed by atoms with E-state index in [0.29, 0.717) is 29.1 Å². The Bertz CT molecular complexity index is 486. The van der Waals surface area contributed by atoms with Gasteiger partial charge in [-0.1, -0.05) is 18.7 Å². The third-order valence-corrected chi connectivity index (χ3v) is 5.11. The van der Waals surface area contributed by atoms with Crippen LogP contribution in [0.25, 0.3) is 0 Å². The van der Waals surface area contributed by atoms with Crippen molar-refractivity contribution >= 4 is 28.5 Å². The fourth-order valence-corrected chi connectivity index (χ4v) is 3.09. The van der Waals surface area contributed by atoms with Gasteiger partial charge < -0.3 is 9.67 Å². The molecule has 1 fully saturated rings. The van der Waals surface area contributed by atoms with Gasteiger partial charge in [0.1, 0.15) is 5.82 Å². The van der Waals surface area contributed by atoms with Crippen LogP contribution in [0.1, 0.15) is 31.5 Å². The lowest BCUT2D eigenvalue weighted by Gasteiger charge is -2.08. The topological polar surface area (TPSA) is 85.1 Å². The predicted octanol–water partition coefficient (Wildman–Crippen LogP) is 1.10. The van der Waals surface area contributed by atoms with Gasteiger partial charge in [0.15, 0.2) is 5.16 Å². The Balaban J connectivity index is 2.08. The van der Waals surface area contributed by atoms with Crippen LogP contribution < -0.4 is 0 Å². The van der Waals surface area contributed by atoms with Gasteiger partial charge in [0, 0.05) is 34.8 Å². The van der Waals surface area contributed by atoms with E-state index in [0.717, 1.165) is 18.7 Å². The van der Waals surface area contributed by atoms with Crippen molar-refractivity contribution in [3.8, 4) is 0 Å². The van der Waals surface area contributed by atoms with E-state index in [1.165, 1.54) is 11.8 Å². The molecule has 6 nitrogen and oxygen atoms in total. The molecule has 1 aromatic heterocycles. The minimum absolute atomic E-state index is 0.0281. The zero-order valence-corrected chi connectivity index (χ0v) is 12.4. The highest BCUT2D eigenvalue weighted by atomic mass is 32.2. The second-order valence-electron chi connectivity index (χ2n) is 4.38. The van der Waals surface area contributed by atoms with Gasteiger partial charge in [0.05, 0.1) is 5.75 Å². The molecule has 0 bridgehead atoms. The Kier molecular flexibility index (Phi) is 4.98. The number of carbonyl (C=O) groups is 1. The molecule has 0 amide bonds. The minimum Gasteiger partial charge on any atom is -0.481 e. The van der Waals surface area contributed by atoms with E-state index in [1.54, 1.807) is 0 Å². The van der Waals surface area contributed by atoms with Crippen molar-refractivity contribution in [3.05, 3.63) is 5.82 Å². The first-order valence-corrected chi connectivity index (χ1v) is 8.71. The number of carboxylic acid groups (broad SMARTS) is 1. The number of aromatic nitrogens is 3. The van der Waals surface area contributed by atoms with Crippen LogP contribution >= 0.6 is 11.8 Å². The lowest BCUT2D eigenvalue weighted by Crippen LogP contribution is -2.13. The molecule has 0 aromatic carbocycles. The van der Waals surface area contributed by atoms with Gasteiger partial charge in [0.25, 0.3) is 0 Å². The van der Waals surface area contributed by atoms with Crippen LogP contribution in [-0.2, 0) is 22.1 Å². The van der Waals surface area contributed by atoms with E-state index in [4.69, 9.17) is 5.11 Å². The van der Waals surface area contributed by atoms with E-state index < -0.39 is 16.8 Å². The summed E-state index contributed by atoms with van der Waals surface area (Å²) in [7, 11) is -0.836. The van der Waals surface area contributed by atoms with Crippen molar-refractivity contribution in [2.45, 2.75) is 37.4 Å². The number of rotatable bonds is 8. The van der Waals surface area contributed by atoms with E-state index in [-0.39, 0.29) is 5.75 Å². The average molecular weight is 303 g/mol. The monoisotopic (exact) mass is 303 g/mol. The fraction of sp³-hybridized carbons (Fsp3) is 0.727. The van der Waals surface area contributed by atoms with Crippen LogP contribution in [0.3, 0.4) is 0 Å². The molecule has 1 atom stereocenters. The van der Waals surface area contributed by atoms with Crippen molar-refractivity contribution in [2.24, 2.45) is 0 Å². The quantitative estimate of drug-likeness (QED) is 0.724. The Labute approximate surface area is 118 Å². The predicted molar refractivity (Wildman–Crippen MR) is 73.9 cm³/mol. The zero-order valence-electron chi connectivity index (χ0n) is 10.7. The molecule has 1 heterocycles. The SMILES string of the molecule is CCS(=O)CCn1c(SCC(=O)O)nnc1C1CC1. The van der Waals surface area contributed by atoms with Gasteiger partial charge in [-0.2, -0.15) is 0 Å². The molecule has 19 heavy (non-hydrogen) atoms. The number of hydrogen-bond donors (Lipinski definition) is 1. The van der Waals surface area contributed by atoms with Gasteiger partial charge in [-0.15, -0.1) is 10.2 Å². The van der Waals surface area contributed by atoms with Crippen LogP contribution in [0.5, 0.6) is 0 Å². The van der Waals surface area contributed by atoms with Crippen LogP contribution in [0, 0.1) is 0 Å². The van der Waals surface area contributed by atoms with Crippen molar-refractivity contribution in [2.75, 3.05) is 17.3 Å². The summed E-state index contributed by atoms with van der Waals surface area (Å²) in [4.78, 5) is 10.6. The number of nitrogens with zero attached hydrogens (tertiary/aromatic N) is 3. The molecule has 106 valence electrons. The first-order valence-electron chi connectivity index (χ1n) is 6.24. The van der Waals surface area contributed by atoms with Gasteiger partial charge in [-0.05, 0) is 12.8 Å². The summed E-state index contributed by atoms with van der Waals surface area (Å²) in [5, 5.41) is 17.6. The standard InChI is InChI=1S/C11H17N3O3S2/c1-2-19(17)6-5-14-10(8-3-4-8)12-13-11(14)18-7-9(15)16/h8H,2-7H2,1H3,(H,15,16). The average Bonchev–Trinajstić information content (AvgIpc) is 3.15. The molecule has 0 aliphatic heterocycles. The summed E-state index contributed by atoms with van der Waals surface area (Å²) in [6.45, 7) is 2.49. The fourth-order valence-electron chi connectivity index (χ4n) is 1.72. The maximum atomic E-state index is 11.5. The van der Waals surface area contributed by atoms with Gasteiger partial charge in [0.2, 0.25) is 0 Å². The molecule has 1 aliphatic rings. The van der Waals surface area contributed by atoms with Crippen LogP contribution in [-0.4, -0.2) is 47.3 Å². The third kappa shape index (κ3) is 4.04. The highest BCUT2D eigenvalue weighted by molar-refractivity contribution is 7.99. The number of aliphatic carboxylic acids is 1. The van der Waals surface area contributed by atoms with Gasteiger partial charge in [-0.3, -0.25) is 9.00 Å².